The maximum absolute atomic E-state index is 14.0. The van der Waals surface area contributed by atoms with E-state index in [9.17, 15) is 35.2 Å². The first-order chi connectivity index (χ1) is 14.8. The number of anilines is 1. The molecule has 0 aliphatic carbocycles. The van der Waals surface area contributed by atoms with Crippen LogP contribution in [0, 0.1) is 11.6 Å². The Kier molecular flexibility index (Phi) is 8.00. The second kappa shape index (κ2) is 10.1. The lowest BCUT2D eigenvalue weighted by Gasteiger charge is -2.11. The van der Waals surface area contributed by atoms with Crippen molar-refractivity contribution in [3.63, 3.8) is 0 Å². The number of hydrogen-bond acceptors (Lipinski definition) is 3. The lowest BCUT2D eigenvalue weighted by molar-refractivity contribution is -0.137. The number of sulfonamides is 1. The fourth-order valence-corrected chi connectivity index (χ4v) is 3.42. The van der Waals surface area contributed by atoms with E-state index >= 15 is 0 Å². The number of nitrogens with one attached hydrogen (secondary N) is 2. The minimum atomic E-state index is -4.47. The second-order valence-electron chi connectivity index (χ2n) is 7.02. The van der Waals surface area contributed by atoms with Gasteiger partial charge in [0.1, 0.15) is 5.69 Å². The maximum Gasteiger partial charge on any atom is 0.416 e. The topological polar surface area (TPSA) is 75.3 Å². The molecule has 0 saturated carbocycles. The Bertz CT molecular complexity index is 1110. The van der Waals surface area contributed by atoms with Crippen molar-refractivity contribution in [1.82, 2.24) is 5.32 Å². The quantitative estimate of drug-likeness (QED) is 0.431. The van der Waals surface area contributed by atoms with Gasteiger partial charge in [0.15, 0.2) is 11.6 Å². The van der Waals surface area contributed by atoms with E-state index < -0.39 is 45.0 Å². The van der Waals surface area contributed by atoms with Gasteiger partial charge >= 0.3 is 6.18 Å². The van der Waals surface area contributed by atoms with Crippen molar-refractivity contribution in [1.29, 1.82) is 0 Å². The highest BCUT2D eigenvalue weighted by Crippen LogP contribution is 2.31. The monoisotopic (exact) mass is 476 g/mol. The number of amides is 1. The van der Waals surface area contributed by atoms with Crippen molar-refractivity contribution in [3.8, 4) is 0 Å². The molecule has 0 aromatic heterocycles. The van der Waals surface area contributed by atoms with Gasteiger partial charge in [0, 0.05) is 12.6 Å². The summed E-state index contributed by atoms with van der Waals surface area (Å²) in [7, 11) is -3.88. The Balaban J connectivity index is 2.10. The summed E-state index contributed by atoms with van der Waals surface area (Å²) in [6.07, 6.45) is -0.268. The summed E-state index contributed by atoms with van der Waals surface area (Å²) in [6, 6.07) is 4.98. The van der Waals surface area contributed by atoms with Crippen LogP contribution in [0.2, 0.25) is 0 Å². The van der Waals surface area contributed by atoms with Gasteiger partial charge in [-0.15, -0.1) is 0 Å². The molecule has 0 aliphatic rings. The highest BCUT2D eigenvalue weighted by Gasteiger charge is 2.30. The van der Waals surface area contributed by atoms with E-state index in [0.717, 1.165) is 36.6 Å². The minimum Gasteiger partial charge on any atom is -0.348 e. The largest absolute Gasteiger partial charge is 0.416 e. The van der Waals surface area contributed by atoms with Crippen LogP contribution in [0.25, 0.3) is 6.08 Å². The van der Waals surface area contributed by atoms with Crippen LogP contribution < -0.4 is 10.0 Å². The van der Waals surface area contributed by atoms with Crippen LogP contribution in [0.3, 0.4) is 0 Å². The average Bonchev–Trinajstić information content (AvgIpc) is 2.67. The molecule has 0 bridgehead atoms. The van der Waals surface area contributed by atoms with Gasteiger partial charge < -0.3 is 5.32 Å². The molecule has 0 spiro atoms. The number of aryl methyl sites for hydroxylation is 1. The third-order valence-corrected chi connectivity index (χ3v) is 4.83. The molecule has 2 rings (SSSR count). The molecule has 0 heterocycles. The highest BCUT2D eigenvalue weighted by molar-refractivity contribution is 7.92. The van der Waals surface area contributed by atoms with Crippen LogP contribution in [0.1, 0.15) is 35.6 Å². The maximum atomic E-state index is 14.0. The van der Waals surface area contributed by atoms with E-state index in [1.54, 1.807) is 4.72 Å². The van der Waals surface area contributed by atoms with Gasteiger partial charge in [0.25, 0.3) is 0 Å². The molecular weight excluding hydrogens is 455 g/mol. The highest BCUT2D eigenvalue weighted by atomic mass is 32.2. The molecule has 1 amide bonds. The number of benzene rings is 2. The van der Waals surface area contributed by atoms with Gasteiger partial charge in [-0.3, -0.25) is 9.52 Å². The predicted molar refractivity (Wildman–Crippen MR) is 111 cm³/mol. The van der Waals surface area contributed by atoms with Crippen molar-refractivity contribution >= 4 is 27.7 Å². The predicted octanol–water partition coefficient (Wildman–Crippen LogP) is 4.64. The van der Waals surface area contributed by atoms with Gasteiger partial charge in [0.05, 0.1) is 11.8 Å². The third-order valence-electron chi connectivity index (χ3n) is 4.26. The Morgan fingerprint density at radius 1 is 1.09 bits per heavy atom. The molecule has 0 radical (unpaired) electrons. The van der Waals surface area contributed by atoms with Gasteiger partial charge in [-0.2, -0.15) is 13.2 Å². The smallest absolute Gasteiger partial charge is 0.348 e. The van der Waals surface area contributed by atoms with E-state index in [1.165, 1.54) is 12.1 Å². The Labute approximate surface area is 182 Å². The van der Waals surface area contributed by atoms with Crippen LogP contribution in [0.15, 0.2) is 36.4 Å². The number of halogens is 5. The van der Waals surface area contributed by atoms with Gasteiger partial charge in [-0.1, -0.05) is 19.4 Å². The first-order valence-corrected chi connectivity index (χ1v) is 11.3. The molecule has 32 heavy (non-hydrogen) atoms. The van der Waals surface area contributed by atoms with E-state index in [2.05, 4.69) is 5.32 Å². The SMILES string of the molecule is CCCc1cc(C(F)(F)F)ccc1C=CC(=O)NCc1cc(F)c(NS(C)(=O)=O)c(F)c1. The second-order valence-corrected chi connectivity index (χ2v) is 8.77. The molecule has 0 fully saturated rings. The van der Waals surface area contributed by atoms with Crippen LogP contribution in [-0.4, -0.2) is 20.6 Å². The summed E-state index contributed by atoms with van der Waals surface area (Å²) in [6.45, 7) is 1.56. The Hall–Kier alpha value is -2.95. The molecule has 11 heteroatoms. The van der Waals surface area contributed by atoms with Gasteiger partial charge in [0.2, 0.25) is 15.9 Å². The van der Waals surface area contributed by atoms with E-state index in [4.69, 9.17) is 0 Å². The molecule has 2 N–H and O–H groups in total. The molecule has 2 aromatic carbocycles. The number of carbonyl (C=O) groups excluding carboxylic acids is 1. The normalized spacial score (nSPS) is 12.2. The summed E-state index contributed by atoms with van der Waals surface area (Å²) in [5, 5.41) is 2.40. The molecule has 0 aliphatic heterocycles. The van der Waals surface area contributed by atoms with E-state index in [0.29, 0.717) is 24.0 Å². The minimum absolute atomic E-state index is 0.0435. The zero-order valence-electron chi connectivity index (χ0n) is 17.2. The first-order valence-electron chi connectivity index (χ1n) is 9.42. The lowest BCUT2D eigenvalue weighted by atomic mass is 9.99. The van der Waals surface area contributed by atoms with Crippen molar-refractivity contribution in [2.45, 2.75) is 32.5 Å². The van der Waals surface area contributed by atoms with Crippen molar-refractivity contribution < 1.29 is 35.2 Å². The molecule has 2 aromatic rings. The first kappa shape index (κ1) is 25.3. The molecular formula is C21H21F5N2O3S. The van der Waals surface area contributed by atoms with E-state index in [1.807, 2.05) is 6.92 Å². The fourth-order valence-electron chi connectivity index (χ4n) is 2.85. The summed E-state index contributed by atoms with van der Waals surface area (Å²) in [5.41, 5.74) is -0.677. The van der Waals surface area contributed by atoms with Crippen molar-refractivity contribution in [2.24, 2.45) is 0 Å². The van der Waals surface area contributed by atoms with Gasteiger partial charge in [-0.25, -0.2) is 17.2 Å². The molecule has 0 saturated heterocycles. The Morgan fingerprint density at radius 3 is 2.25 bits per heavy atom. The third kappa shape index (κ3) is 7.33. The number of rotatable bonds is 8. The van der Waals surface area contributed by atoms with Crippen LogP contribution in [-0.2, 0) is 34.0 Å². The standard InChI is InChI=1S/C21H21F5N2O3S/c1-3-4-15-11-16(21(24,25)26)7-5-14(15)6-8-19(29)27-12-13-9-17(22)20(18(23)10-13)28-32(2,30)31/h5-11,28H,3-4,12H2,1-2H3,(H,27,29). The summed E-state index contributed by atoms with van der Waals surface area (Å²) in [4.78, 5) is 12.1. The number of carbonyl (C=O) groups is 1. The molecule has 5 nitrogen and oxygen atoms in total. The lowest BCUT2D eigenvalue weighted by Crippen LogP contribution is -2.21. The zero-order chi connectivity index (χ0) is 24.1. The summed E-state index contributed by atoms with van der Waals surface area (Å²) in [5.74, 6) is -2.93. The molecule has 0 unspecified atom stereocenters. The van der Waals surface area contributed by atoms with Crippen molar-refractivity contribution in [3.05, 3.63) is 70.3 Å². The molecule has 174 valence electrons. The van der Waals surface area contributed by atoms with Crippen LogP contribution >= 0.6 is 0 Å². The van der Waals surface area contributed by atoms with Gasteiger partial charge in [-0.05, 0) is 53.5 Å². The van der Waals surface area contributed by atoms with Crippen LogP contribution in [0.5, 0.6) is 0 Å². The van der Waals surface area contributed by atoms with Crippen molar-refractivity contribution in [2.75, 3.05) is 11.0 Å². The van der Waals surface area contributed by atoms with Crippen LogP contribution in [0.4, 0.5) is 27.6 Å². The Morgan fingerprint density at radius 2 is 1.72 bits per heavy atom. The summed E-state index contributed by atoms with van der Waals surface area (Å²) < 4.78 is 90.8. The fraction of sp³-hybridized carbons (Fsp3) is 0.286. The number of alkyl halides is 3. The number of hydrogen-bond donors (Lipinski definition) is 2. The van der Waals surface area contributed by atoms with E-state index in [-0.39, 0.29) is 12.1 Å². The molecule has 0 atom stereocenters. The summed E-state index contributed by atoms with van der Waals surface area (Å²) >= 11 is 0. The average molecular weight is 476 g/mol. The zero-order valence-corrected chi connectivity index (χ0v) is 18.0.